The summed E-state index contributed by atoms with van der Waals surface area (Å²) in [6.07, 6.45) is 1.92. The third kappa shape index (κ3) is 5.77. The minimum Gasteiger partial charge on any atom is -0.370 e. The molecule has 2 heterocycles. The predicted octanol–water partition coefficient (Wildman–Crippen LogP) is 2.00. The Hall–Kier alpha value is -1.09. The highest BCUT2D eigenvalue weighted by Crippen LogP contribution is 2.14. The fourth-order valence-corrected chi connectivity index (χ4v) is 2.81. The molecule has 0 bridgehead atoms. The van der Waals surface area contributed by atoms with Crippen LogP contribution in [0.3, 0.4) is 0 Å². The summed E-state index contributed by atoms with van der Waals surface area (Å²) in [6.45, 7) is 14.2. The molecule has 7 heteroatoms. The first-order chi connectivity index (χ1) is 11.2. The van der Waals surface area contributed by atoms with E-state index in [0.29, 0.717) is 12.5 Å². The normalized spacial score (nSPS) is 16.0. The molecular formula is C17H31IN6. The molecule has 1 aromatic rings. The van der Waals surface area contributed by atoms with Crippen molar-refractivity contribution in [2.75, 3.05) is 50.7 Å². The zero-order valence-electron chi connectivity index (χ0n) is 15.1. The molecule has 0 unspecified atom stereocenters. The van der Waals surface area contributed by atoms with Crippen molar-refractivity contribution >= 4 is 35.8 Å². The topological polar surface area (TPSA) is 61.0 Å². The molecule has 0 aromatic carbocycles. The number of aliphatic imine (C=N–C) groups is 1. The maximum Gasteiger partial charge on any atom is 0.191 e. The number of likely N-dealkylation sites (N-methyl/N-ethyl adjacent to an activating group) is 1. The minimum absolute atomic E-state index is 0. The number of rotatable bonds is 6. The molecule has 1 aliphatic rings. The molecule has 24 heavy (non-hydrogen) atoms. The number of aromatic nitrogens is 1. The summed E-state index contributed by atoms with van der Waals surface area (Å²) in [4.78, 5) is 15.9. The molecule has 2 rings (SSSR count). The second kappa shape index (κ2) is 10.7. The summed E-state index contributed by atoms with van der Waals surface area (Å²) < 4.78 is 0. The first-order valence-corrected chi connectivity index (χ1v) is 8.65. The largest absolute Gasteiger partial charge is 0.370 e. The van der Waals surface area contributed by atoms with Gasteiger partial charge in [0.1, 0.15) is 5.82 Å². The average molecular weight is 446 g/mol. The van der Waals surface area contributed by atoms with Gasteiger partial charge in [0.05, 0.1) is 6.54 Å². The molecule has 0 spiro atoms. The van der Waals surface area contributed by atoms with Crippen LogP contribution >= 0.6 is 24.0 Å². The lowest BCUT2D eigenvalue weighted by atomic mass is 10.2. The number of piperazine rings is 1. The van der Waals surface area contributed by atoms with Crippen molar-refractivity contribution in [2.45, 2.75) is 27.3 Å². The number of guanidine groups is 1. The summed E-state index contributed by atoms with van der Waals surface area (Å²) in [7, 11) is 0. The van der Waals surface area contributed by atoms with Crippen LogP contribution < -0.4 is 10.6 Å². The van der Waals surface area contributed by atoms with Crippen molar-refractivity contribution in [2.24, 2.45) is 10.7 Å². The molecule has 0 atom stereocenters. The van der Waals surface area contributed by atoms with Crippen LogP contribution in [0.1, 0.15) is 26.3 Å². The van der Waals surface area contributed by atoms with Gasteiger partial charge in [-0.25, -0.2) is 9.98 Å². The van der Waals surface area contributed by atoms with Gasteiger partial charge in [-0.3, -0.25) is 0 Å². The average Bonchev–Trinajstić information content (AvgIpc) is 2.61. The zero-order chi connectivity index (χ0) is 16.7. The lowest BCUT2D eigenvalue weighted by Crippen LogP contribution is -2.46. The molecule has 6 nitrogen and oxygen atoms in total. The molecule has 136 valence electrons. The maximum absolute atomic E-state index is 6.00. The van der Waals surface area contributed by atoms with Gasteiger partial charge in [0.15, 0.2) is 5.96 Å². The van der Waals surface area contributed by atoms with Crippen LogP contribution in [0.15, 0.2) is 23.3 Å². The van der Waals surface area contributed by atoms with E-state index < -0.39 is 0 Å². The molecule has 1 fully saturated rings. The molecule has 0 saturated carbocycles. The molecule has 1 saturated heterocycles. The van der Waals surface area contributed by atoms with E-state index in [4.69, 9.17) is 5.73 Å². The van der Waals surface area contributed by atoms with Gasteiger partial charge in [-0.15, -0.1) is 24.0 Å². The van der Waals surface area contributed by atoms with Crippen LogP contribution in [0.5, 0.6) is 0 Å². The van der Waals surface area contributed by atoms with E-state index in [9.17, 15) is 0 Å². The fraction of sp³-hybridized carbons (Fsp3) is 0.647. The molecule has 1 aromatic heterocycles. The lowest BCUT2D eigenvalue weighted by Gasteiger charge is -2.34. The number of hydrogen-bond donors (Lipinski definition) is 1. The standard InChI is InChI=1S/C17H30N6.HI/c1-4-21-9-11-23(12-10-21)16-8-7-15(13-19-16)14-20-17(18)22(5-2)6-3;/h7-8,13H,4-6,9-12,14H2,1-3H3,(H2,18,20);1H. The number of nitrogens with zero attached hydrogens (tertiary/aromatic N) is 5. The van der Waals surface area contributed by atoms with Crippen LogP contribution in [-0.2, 0) is 6.54 Å². The SMILES string of the molecule is CCN1CCN(c2ccc(CN=C(N)N(CC)CC)cn2)CC1.I. The van der Waals surface area contributed by atoms with Gasteiger partial charge in [0.25, 0.3) is 0 Å². The van der Waals surface area contributed by atoms with Crippen LogP contribution in [0.2, 0.25) is 0 Å². The van der Waals surface area contributed by atoms with Gasteiger partial charge in [-0.1, -0.05) is 13.0 Å². The fourth-order valence-electron chi connectivity index (χ4n) is 2.81. The number of pyridine rings is 1. The lowest BCUT2D eigenvalue weighted by molar-refractivity contribution is 0.270. The van der Waals surface area contributed by atoms with E-state index in [2.05, 4.69) is 57.6 Å². The number of halogens is 1. The first-order valence-electron chi connectivity index (χ1n) is 8.65. The third-order valence-corrected chi connectivity index (χ3v) is 4.46. The van der Waals surface area contributed by atoms with Gasteiger partial charge in [-0.05, 0) is 32.0 Å². The van der Waals surface area contributed by atoms with Crippen molar-refractivity contribution in [3.8, 4) is 0 Å². The maximum atomic E-state index is 6.00. The van der Waals surface area contributed by atoms with Gasteiger partial charge in [0, 0.05) is 45.5 Å². The van der Waals surface area contributed by atoms with Gasteiger partial charge in [0.2, 0.25) is 0 Å². The van der Waals surface area contributed by atoms with E-state index in [0.717, 1.165) is 57.2 Å². The van der Waals surface area contributed by atoms with E-state index in [1.807, 2.05) is 6.20 Å². The smallest absolute Gasteiger partial charge is 0.191 e. The molecular weight excluding hydrogens is 415 g/mol. The van der Waals surface area contributed by atoms with Crippen LogP contribution in [-0.4, -0.2) is 66.6 Å². The first kappa shape index (κ1) is 21.0. The van der Waals surface area contributed by atoms with Crippen molar-refractivity contribution < 1.29 is 0 Å². The summed E-state index contributed by atoms with van der Waals surface area (Å²) in [5.41, 5.74) is 7.10. The summed E-state index contributed by atoms with van der Waals surface area (Å²) in [5, 5.41) is 0. The van der Waals surface area contributed by atoms with E-state index in [1.54, 1.807) is 0 Å². The van der Waals surface area contributed by atoms with Gasteiger partial charge >= 0.3 is 0 Å². The van der Waals surface area contributed by atoms with Crippen LogP contribution in [0, 0.1) is 0 Å². The van der Waals surface area contributed by atoms with Gasteiger partial charge < -0.3 is 20.4 Å². The highest BCUT2D eigenvalue weighted by molar-refractivity contribution is 14.0. The molecule has 2 N–H and O–H groups in total. The minimum atomic E-state index is 0. The molecule has 0 radical (unpaired) electrons. The number of anilines is 1. The number of nitrogens with two attached hydrogens (primary N) is 1. The van der Waals surface area contributed by atoms with Gasteiger partial charge in [-0.2, -0.15) is 0 Å². The highest BCUT2D eigenvalue weighted by Gasteiger charge is 2.16. The Morgan fingerprint density at radius 1 is 1.17 bits per heavy atom. The summed E-state index contributed by atoms with van der Waals surface area (Å²) >= 11 is 0. The van der Waals surface area contributed by atoms with Crippen molar-refractivity contribution in [3.63, 3.8) is 0 Å². The highest BCUT2D eigenvalue weighted by atomic mass is 127. The second-order valence-corrected chi connectivity index (χ2v) is 5.79. The molecule has 1 aliphatic heterocycles. The van der Waals surface area contributed by atoms with Crippen LogP contribution in [0.4, 0.5) is 5.82 Å². The Morgan fingerprint density at radius 2 is 1.83 bits per heavy atom. The Kier molecular flexibility index (Phi) is 9.35. The molecule has 0 amide bonds. The Morgan fingerprint density at radius 3 is 2.33 bits per heavy atom. The monoisotopic (exact) mass is 446 g/mol. The van der Waals surface area contributed by atoms with Crippen molar-refractivity contribution in [3.05, 3.63) is 23.9 Å². The van der Waals surface area contributed by atoms with E-state index in [-0.39, 0.29) is 24.0 Å². The Labute approximate surface area is 163 Å². The second-order valence-electron chi connectivity index (χ2n) is 5.79. The Balaban J connectivity index is 0.00000288. The summed E-state index contributed by atoms with van der Waals surface area (Å²) in [6, 6.07) is 4.20. The van der Waals surface area contributed by atoms with Crippen molar-refractivity contribution in [1.82, 2.24) is 14.8 Å². The van der Waals surface area contributed by atoms with Crippen LogP contribution in [0.25, 0.3) is 0 Å². The Bertz CT molecular complexity index is 492. The summed E-state index contributed by atoms with van der Waals surface area (Å²) in [5.74, 6) is 1.67. The zero-order valence-corrected chi connectivity index (χ0v) is 17.4. The predicted molar refractivity (Wildman–Crippen MR) is 112 cm³/mol. The van der Waals surface area contributed by atoms with E-state index in [1.165, 1.54) is 0 Å². The third-order valence-electron chi connectivity index (χ3n) is 4.46. The quantitative estimate of drug-likeness (QED) is 0.412. The number of hydrogen-bond acceptors (Lipinski definition) is 4. The molecule has 0 aliphatic carbocycles. The van der Waals surface area contributed by atoms with Crippen molar-refractivity contribution in [1.29, 1.82) is 0 Å². The van der Waals surface area contributed by atoms with E-state index >= 15 is 0 Å².